The van der Waals surface area contributed by atoms with Gasteiger partial charge >= 0.3 is 0 Å². The summed E-state index contributed by atoms with van der Waals surface area (Å²) in [4.78, 5) is 11.0. The highest BCUT2D eigenvalue weighted by Crippen LogP contribution is 2.57. The molecule has 0 amide bonds. The fourth-order valence-electron chi connectivity index (χ4n) is 4.33. The number of nitro benzene ring substituents is 1. The van der Waals surface area contributed by atoms with E-state index in [1.54, 1.807) is 6.07 Å². The molecule has 0 aliphatic heterocycles. The lowest BCUT2D eigenvalue weighted by molar-refractivity contribution is -0.385. The number of hydrogen-bond donors (Lipinski definition) is 1. The lowest BCUT2D eigenvalue weighted by Gasteiger charge is -2.36. The standard InChI is InChI=1S/C15H19BrN2O2/c16-13-4-2-11(14(6-13)18(19)20)8-15(9-17)7-10-1-3-12(15)5-10/h2,4,6,10,12H,1,3,5,7-9,17H2. The molecule has 0 saturated heterocycles. The van der Waals surface area contributed by atoms with Crippen LogP contribution in [0, 0.1) is 27.4 Å². The normalized spacial score (nSPS) is 31.7. The number of hydrogen-bond acceptors (Lipinski definition) is 3. The third kappa shape index (κ3) is 2.27. The third-order valence-corrected chi connectivity index (χ3v) is 5.79. The number of nitro groups is 1. The molecule has 108 valence electrons. The second-order valence-corrected chi connectivity index (χ2v) is 7.27. The highest BCUT2D eigenvalue weighted by Gasteiger charge is 2.50. The Hall–Kier alpha value is -0.940. The van der Waals surface area contributed by atoms with Crippen LogP contribution >= 0.6 is 15.9 Å². The fraction of sp³-hybridized carbons (Fsp3) is 0.600. The van der Waals surface area contributed by atoms with Crippen molar-refractivity contribution < 1.29 is 4.92 Å². The van der Waals surface area contributed by atoms with Crippen LogP contribution in [0.25, 0.3) is 0 Å². The van der Waals surface area contributed by atoms with Crippen molar-refractivity contribution in [2.45, 2.75) is 32.1 Å². The summed E-state index contributed by atoms with van der Waals surface area (Å²) < 4.78 is 0.752. The molecule has 0 aromatic heterocycles. The Bertz CT molecular complexity index is 549. The van der Waals surface area contributed by atoms with Crippen molar-refractivity contribution in [3.63, 3.8) is 0 Å². The Labute approximate surface area is 127 Å². The molecule has 2 N–H and O–H groups in total. The van der Waals surface area contributed by atoms with Gasteiger partial charge in [-0.05, 0) is 55.5 Å². The van der Waals surface area contributed by atoms with Crippen molar-refractivity contribution in [2.24, 2.45) is 23.0 Å². The molecule has 0 spiro atoms. The minimum Gasteiger partial charge on any atom is -0.330 e. The molecule has 2 bridgehead atoms. The summed E-state index contributed by atoms with van der Waals surface area (Å²) in [5, 5.41) is 11.3. The van der Waals surface area contributed by atoms with Crippen LogP contribution in [-0.4, -0.2) is 11.5 Å². The molecular formula is C15H19BrN2O2. The zero-order valence-electron chi connectivity index (χ0n) is 11.3. The first kappa shape index (κ1) is 14.0. The smallest absolute Gasteiger partial charge is 0.273 e. The van der Waals surface area contributed by atoms with Gasteiger partial charge in [0.15, 0.2) is 0 Å². The zero-order valence-corrected chi connectivity index (χ0v) is 12.9. The van der Waals surface area contributed by atoms with E-state index in [9.17, 15) is 10.1 Å². The van der Waals surface area contributed by atoms with Gasteiger partial charge in [0.05, 0.1) is 4.92 Å². The second-order valence-electron chi connectivity index (χ2n) is 6.35. The molecule has 3 atom stereocenters. The monoisotopic (exact) mass is 338 g/mol. The summed E-state index contributed by atoms with van der Waals surface area (Å²) in [6, 6.07) is 5.37. The van der Waals surface area contributed by atoms with Crippen molar-refractivity contribution in [2.75, 3.05) is 6.54 Å². The summed E-state index contributed by atoms with van der Waals surface area (Å²) in [6.07, 6.45) is 5.71. The van der Waals surface area contributed by atoms with Gasteiger partial charge in [-0.25, -0.2) is 0 Å². The van der Waals surface area contributed by atoms with E-state index in [4.69, 9.17) is 5.73 Å². The minimum atomic E-state index is -0.280. The van der Waals surface area contributed by atoms with E-state index >= 15 is 0 Å². The molecule has 0 heterocycles. The first-order valence-electron chi connectivity index (χ1n) is 7.17. The Morgan fingerprint density at radius 1 is 1.45 bits per heavy atom. The van der Waals surface area contributed by atoms with Gasteiger partial charge in [0.2, 0.25) is 0 Å². The van der Waals surface area contributed by atoms with E-state index in [1.165, 1.54) is 19.3 Å². The largest absolute Gasteiger partial charge is 0.330 e. The van der Waals surface area contributed by atoms with Crippen molar-refractivity contribution in [1.29, 1.82) is 0 Å². The van der Waals surface area contributed by atoms with Crippen molar-refractivity contribution in [3.05, 3.63) is 38.3 Å². The molecule has 3 rings (SSSR count). The van der Waals surface area contributed by atoms with Crippen LogP contribution < -0.4 is 5.73 Å². The summed E-state index contributed by atoms with van der Waals surface area (Å²) in [5.41, 5.74) is 7.21. The number of nitrogens with two attached hydrogens (primary N) is 1. The molecule has 3 unspecified atom stereocenters. The molecule has 1 aromatic carbocycles. The van der Waals surface area contributed by atoms with E-state index in [1.807, 2.05) is 12.1 Å². The van der Waals surface area contributed by atoms with Gasteiger partial charge in [0, 0.05) is 16.1 Å². The average Bonchev–Trinajstić information content (AvgIpc) is 3.01. The van der Waals surface area contributed by atoms with Crippen molar-refractivity contribution in [1.82, 2.24) is 0 Å². The SMILES string of the molecule is NCC1(Cc2ccc(Br)cc2[N+](=O)[O-])CC2CCC1C2. The molecule has 0 radical (unpaired) electrons. The summed E-state index contributed by atoms with van der Waals surface area (Å²) in [6.45, 7) is 0.640. The van der Waals surface area contributed by atoms with Gasteiger partial charge in [0.25, 0.3) is 5.69 Å². The number of rotatable bonds is 4. The molecular weight excluding hydrogens is 320 g/mol. The fourth-order valence-corrected chi connectivity index (χ4v) is 4.68. The van der Waals surface area contributed by atoms with Gasteiger partial charge in [-0.15, -0.1) is 0 Å². The lowest BCUT2D eigenvalue weighted by Crippen LogP contribution is -2.38. The van der Waals surface area contributed by atoms with Gasteiger partial charge in [-0.2, -0.15) is 0 Å². The second kappa shape index (κ2) is 5.11. The predicted octanol–water partition coefficient (Wildman–Crippen LogP) is 3.66. The third-order valence-electron chi connectivity index (χ3n) is 5.30. The van der Waals surface area contributed by atoms with E-state index in [0.717, 1.165) is 28.8 Å². The maximum atomic E-state index is 11.3. The van der Waals surface area contributed by atoms with Crippen molar-refractivity contribution in [3.8, 4) is 0 Å². The van der Waals surface area contributed by atoms with Crippen LogP contribution in [-0.2, 0) is 6.42 Å². The maximum absolute atomic E-state index is 11.3. The average molecular weight is 339 g/mol. The number of benzene rings is 1. The minimum absolute atomic E-state index is 0.0848. The van der Waals surface area contributed by atoms with E-state index in [2.05, 4.69) is 15.9 Å². The predicted molar refractivity (Wildman–Crippen MR) is 81.4 cm³/mol. The van der Waals surface area contributed by atoms with Crippen LogP contribution in [0.2, 0.25) is 0 Å². The molecule has 2 aliphatic carbocycles. The maximum Gasteiger partial charge on any atom is 0.273 e. The van der Waals surface area contributed by atoms with Crippen LogP contribution in [0.1, 0.15) is 31.2 Å². The first-order valence-corrected chi connectivity index (χ1v) is 7.96. The Morgan fingerprint density at radius 2 is 2.25 bits per heavy atom. The first-order chi connectivity index (χ1) is 9.54. The molecule has 20 heavy (non-hydrogen) atoms. The van der Waals surface area contributed by atoms with Crippen LogP contribution in [0.4, 0.5) is 5.69 Å². The Morgan fingerprint density at radius 3 is 2.80 bits per heavy atom. The molecule has 2 aliphatic rings. The van der Waals surface area contributed by atoms with Crippen LogP contribution in [0.15, 0.2) is 22.7 Å². The van der Waals surface area contributed by atoms with E-state index < -0.39 is 0 Å². The van der Waals surface area contributed by atoms with Gasteiger partial charge in [-0.3, -0.25) is 10.1 Å². The van der Waals surface area contributed by atoms with Gasteiger partial charge in [0.1, 0.15) is 0 Å². The number of halogens is 1. The molecule has 5 heteroatoms. The Balaban J connectivity index is 1.92. The quantitative estimate of drug-likeness (QED) is 0.672. The summed E-state index contributed by atoms with van der Waals surface area (Å²) >= 11 is 3.31. The van der Waals surface area contributed by atoms with Crippen molar-refractivity contribution >= 4 is 21.6 Å². The van der Waals surface area contributed by atoms with Crippen LogP contribution in [0.5, 0.6) is 0 Å². The number of fused-ring (bicyclic) bond motifs is 2. The topological polar surface area (TPSA) is 69.2 Å². The zero-order chi connectivity index (χ0) is 14.3. The Kier molecular flexibility index (Phi) is 3.58. The highest BCUT2D eigenvalue weighted by atomic mass is 79.9. The highest BCUT2D eigenvalue weighted by molar-refractivity contribution is 9.10. The van der Waals surface area contributed by atoms with E-state index in [0.29, 0.717) is 12.5 Å². The summed E-state index contributed by atoms with van der Waals surface area (Å²) in [7, 11) is 0. The van der Waals surface area contributed by atoms with Gasteiger partial charge in [-0.1, -0.05) is 28.4 Å². The lowest BCUT2D eigenvalue weighted by atomic mass is 9.69. The van der Waals surface area contributed by atoms with Gasteiger partial charge < -0.3 is 5.73 Å². The molecule has 4 nitrogen and oxygen atoms in total. The number of nitrogens with zero attached hydrogens (tertiary/aromatic N) is 1. The molecule has 2 saturated carbocycles. The molecule has 1 aromatic rings. The van der Waals surface area contributed by atoms with E-state index in [-0.39, 0.29) is 16.0 Å². The van der Waals surface area contributed by atoms with Crippen LogP contribution in [0.3, 0.4) is 0 Å². The summed E-state index contributed by atoms with van der Waals surface area (Å²) in [5.74, 6) is 1.44. The molecule has 2 fully saturated rings.